The van der Waals surface area contributed by atoms with Gasteiger partial charge in [-0.25, -0.2) is 13.6 Å². The van der Waals surface area contributed by atoms with E-state index in [1.165, 1.54) is 0 Å². The van der Waals surface area contributed by atoms with Crippen molar-refractivity contribution < 1.29 is 33.0 Å². The van der Waals surface area contributed by atoms with Crippen molar-refractivity contribution in [2.45, 2.75) is 65.7 Å². The maximum atomic E-state index is 12.9. The number of carboxylic acids is 2. The lowest BCUT2D eigenvalue weighted by atomic mass is 9.93. The van der Waals surface area contributed by atoms with Gasteiger partial charge in [0.25, 0.3) is 0 Å². The van der Waals surface area contributed by atoms with E-state index in [9.17, 15) is 22.8 Å². The SMILES string of the molecule is CC(C(=O)O)C(C)(F)C(=O)O.CCCC(C)F.CCCF. The van der Waals surface area contributed by atoms with E-state index in [2.05, 4.69) is 0 Å². The fourth-order valence-electron chi connectivity index (χ4n) is 0.815. The Balaban J connectivity index is -0.000000272. The fourth-order valence-corrected chi connectivity index (χ4v) is 0.815. The average Bonchev–Trinajstić information content (AvgIpc) is 2.38. The molecule has 0 spiro atoms. The van der Waals surface area contributed by atoms with Crippen LogP contribution in [0, 0.1) is 5.92 Å². The zero-order valence-electron chi connectivity index (χ0n) is 13.3. The fraction of sp³-hybridized carbons (Fsp3) is 0.857. The van der Waals surface area contributed by atoms with E-state index < -0.39 is 29.7 Å². The number of hydrogen-bond donors (Lipinski definition) is 2. The van der Waals surface area contributed by atoms with Gasteiger partial charge >= 0.3 is 11.9 Å². The Labute approximate surface area is 124 Å². The van der Waals surface area contributed by atoms with Gasteiger partial charge in [0, 0.05) is 0 Å². The maximum absolute atomic E-state index is 12.9. The number of halogens is 3. The van der Waals surface area contributed by atoms with E-state index in [1.54, 1.807) is 13.8 Å². The highest BCUT2D eigenvalue weighted by molar-refractivity contribution is 5.84. The molecule has 0 aromatic heterocycles. The van der Waals surface area contributed by atoms with Crippen LogP contribution in [0.3, 0.4) is 0 Å². The van der Waals surface area contributed by atoms with Crippen molar-refractivity contribution in [1.29, 1.82) is 0 Å². The normalized spacial score (nSPS) is 15.2. The first-order valence-corrected chi connectivity index (χ1v) is 6.83. The Bertz CT molecular complexity index is 279. The average molecular weight is 316 g/mol. The maximum Gasteiger partial charge on any atom is 0.342 e. The largest absolute Gasteiger partial charge is 0.481 e. The van der Waals surface area contributed by atoms with E-state index in [1.807, 2.05) is 6.92 Å². The molecule has 0 rings (SSSR count). The number of alkyl halides is 3. The summed E-state index contributed by atoms with van der Waals surface area (Å²) in [6, 6.07) is 0. The monoisotopic (exact) mass is 316 g/mol. The van der Waals surface area contributed by atoms with E-state index in [-0.39, 0.29) is 6.67 Å². The molecule has 3 atom stereocenters. The van der Waals surface area contributed by atoms with Crippen molar-refractivity contribution in [3.8, 4) is 0 Å². The topological polar surface area (TPSA) is 74.6 Å². The first-order chi connectivity index (χ1) is 9.48. The molecular formula is C14H27F3O4. The number of rotatable bonds is 6. The van der Waals surface area contributed by atoms with Crippen LogP contribution in [-0.4, -0.2) is 40.7 Å². The molecule has 0 saturated carbocycles. The molecule has 7 heteroatoms. The third kappa shape index (κ3) is 14.9. The minimum Gasteiger partial charge on any atom is -0.481 e. The highest BCUT2D eigenvalue weighted by Crippen LogP contribution is 2.21. The van der Waals surface area contributed by atoms with Crippen LogP contribution in [-0.2, 0) is 9.59 Å². The van der Waals surface area contributed by atoms with Crippen LogP contribution in [0.15, 0.2) is 0 Å². The molecule has 0 amide bonds. The number of carbonyl (C=O) groups is 2. The van der Waals surface area contributed by atoms with Gasteiger partial charge in [-0.15, -0.1) is 0 Å². The van der Waals surface area contributed by atoms with Gasteiger partial charge in [-0.05, 0) is 33.6 Å². The van der Waals surface area contributed by atoms with Crippen LogP contribution in [0.4, 0.5) is 13.2 Å². The summed E-state index contributed by atoms with van der Waals surface area (Å²) in [4.78, 5) is 20.3. The zero-order chi connectivity index (χ0) is 17.6. The van der Waals surface area contributed by atoms with E-state index in [4.69, 9.17) is 10.2 Å². The van der Waals surface area contributed by atoms with Gasteiger partial charge in [-0.2, -0.15) is 0 Å². The Morgan fingerprint density at radius 3 is 1.57 bits per heavy atom. The summed E-state index contributed by atoms with van der Waals surface area (Å²) in [5.41, 5.74) is -2.70. The van der Waals surface area contributed by atoms with Gasteiger partial charge in [0.1, 0.15) is 0 Å². The molecule has 21 heavy (non-hydrogen) atoms. The molecule has 2 N–H and O–H groups in total. The van der Waals surface area contributed by atoms with Crippen molar-refractivity contribution in [2.75, 3.05) is 6.67 Å². The lowest BCUT2D eigenvalue weighted by Crippen LogP contribution is -2.41. The predicted molar refractivity (Wildman–Crippen MR) is 75.7 cm³/mol. The summed E-state index contributed by atoms with van der Waals surface area (Å²) >= 11 is 0. The van der Waals surface area contributed by atoms with Crippen LogP contribution in [0.2, 0.25) is 0 Å². The number of aliphatic carboxylic acids is 2. The summed E-state index contributed by atoms with van der Waals surface area (Å²) in [5, 5.41) is 16.5. The first-order valence-electron chi connectivity index (χ1n) is 6.83. The molecular weight excluding hydrogens is 289 g/mol. The van der Waals surface area contributed by atoms with Gasteiger partial charge in [0.05, 0.1) is 18.8 Å². The molecule has 128 valence electrons. The van der Waals surface area contributed by atoms with Crippen LogP contribution in [0.1, 0.15) is 53.9 Å². The molecule has 0 aromatic carbocycles. The van der Waals surface area contributed by atoms with Crippen LogP contribution < -0.4 is 0 Å². The third-order valence-electron chi connectivity index (χ3n) is 2.48. The van der Waals surface area contributed by atoms with Crippen LogP contribution >= 0.6 is 0 Å². The number of hydrogen-bond acceptors (Lipinski definition) is 2. The zero-order valence-corrected chi connectivity index (χ0v) is 13.3. The summed E-state index contributed by atoms with van der Waals surface area (Å²) in [5.74, 6) is -4.76. The summed E-state index contributed by atoms with van der Waals surface area (Å²) in [6.07, 6.45) is 1.72. The number of carboxylic acid groups (broad SMARTS) is 2. The first kappa shape index (κ1) is 24.7. The van der Waals surface area contributed by atoms with Crippen molar-refractivity contribution in [3.05, 3.63) is 0 Å². The molecule has 0 bridgehead atoms. The van der Waals surface area contributed by atoms with E-state index in [0.29, 0.717) is 12.8 Å². The molecule has 0 saturated heterocycles. The quantitative estimate of drug-likeness (QED) is 0.776. The van der Waals surface area contributed by atoms with Crippen LogP contribution in [0.25, 0.3) is 0 Å². The Morgan fingerprint density at radius 1 is 1.14 bits per heavy atom. The lowest BCUT2D eigenvalue weighted by molar-refractivity contribution is -0.162. The van der Waals surface area contributed by atoms with Gasteiger partial charge in [-0.1, -0.05) is 20.3 Å². The van der Waals surface area contributed by atoms with Crippen molar-refractivity contribution in [1.82, 2.24) is 0 Å². The summed E-state index contributed by atoms with van der Waals surface area (Å²) < 4.78 is 35.3. The molecule has 4 nitrogen and oxygen atoms in total. The van der Waals surface area contributed by atoms with Crippen molar-refractivity contribution in [3.63, 3.8) is 0 Å². The molecule has 0 heterocycles. The summed E-state index contributed by atoms with van der Waals surface area (Å²) in [6.45, 7) is 6.93. The molecule has 0 aliphatic carbocycles. The van der Waals surface area contributed by atoms with Gasteiger partial charge in [0.2, 0.25) is 5.67 Å². The Kier molecular flexibility index (Phi) is 16.1. The van der Waals surface area contributed by atoms with Crippen LogP contribution in [0.5, 0.6) is 0 Å². The minimum absolute atomic E-state index is 0.181. The van der Waals surface area contributed by atoms with Gasteiger partial charge < -0.3 is 10.2 Å². The molecule has 0 aliphatic rings. The third-order valence-corrected chi connectivity index (χ3v) is 2.48. The highest BCUT2D eigenvalue weighted by Gasteiger charge is 2.43. The van der Waals surface area contributed by atoms with Crippen molar-refractivity contribution >= 4 is 11.9 Å². The van der Waals surface area contributed by atoms with Crippen molar-refractivity contribution in [2.24, 2.45) is 5.92 Å². The smallest absolute Gasteiger partial charge is 0.342 e. The minimum atomic E-state index is -2.70. The second kappa shape index (κ2) is 13.7. The molecule has 3 unspecified atom stereocenters. The molecule has 0 aliphatic heterocycles. The summed E-state index contributed by atoms with van der Waals surface area (Å²) in [7, 11) is 0. The molecule has 0 radical (unpaired) electrons. The highest BCUT2D eigenvalue weighted by atomic mass is 19.1. The second-order valence-corrected chi connectivity index (χ2v) is 4.70. The van der Waals surface area contributed by atoms with Gasteiger partial charge in [-0.3, -0.25) is 9.18 Å². The standard InChI is InChI=1S/C6H9FO4.C5H11F.C3H7F/c1-3(4(8)9)6(2,7)5(10)11;1-3-4-5(2)6;1-2-3-4/h3H,1-2H3,(H,8,9)(H,10,11);5H,3-4H2,1-2H3;2-3H2,1H3. The van der Waals surface area contributed by atoms with E-state index >= 15 is 0 Å². The Morgan fingerprint density at radius 2 is 1.52 bits per heavy atom. The second-order valence-electron chi connectivity index (χ2n) is 4.70. The molecule has 0 aromatic rings. The predicted octanol–water partition coefficient (Wildman–Crippen LogP) is 4.03. The Hall–Kier alpha value is -1.27. The van der Waals surface area contributed by atoms with Gasteiger partial charge in [0.15, 0.2) is 0 Å². The lowest BCUT2D eigenvalue weighted by Gasteiger charge is -2.18. The van der Waals surface area contributed by atoms with E-state index in [0.717, 1.165) is 20.3 Å². The molecule has 0 fully saturated rings.